The normalized spacial score (nSPS) is 10.8. The smallest absolute Gasteiger partial charge is 0.191 e. The summed E-state index contributed by atoms with van der Waals surface area (Å²) in [4.78, 5) is 8.08. The molecule has 1 heterocycles. The van der Waals surface area contributed by atoms with Gasteiger partial charge in [0.2, 0.25) is 0 Å². The summed E-state index contributed by atoms with van der Waals surface area (Å²) in [6.45, 7) is 0.985. The molecule has 0 fully saturated rings. The van der Waals surface area contributed by atoms with Crippen LogP contribution in [0.1, 0.15) is 11.1 Å². The van der Waals surface area contributed by atoms with Gasteiger partial charge in [0.1, 0.15) is 11.6 Å². The average Bonchev–Trinajstić information content (AvgIpc) is 2.73. The van der Waals surface area contributed by atoms with Crippen LogP contribution in [-0.4, -0.2) is 24.5 Å². The maximum absolute atomic E-state index is 14.3. The Balaban J connectivity index is 0.00000320. The minimum atomic E-state index is -0.456. The molecule has 3 aromatic rings. The minimum Gasteiger partial charge on any atom is -0.453 e. The number of aromatic nitrogens is 1. The highest BCUT2D eigenvalue weighted by Gasteiger charge is 2.07. The molecule has 0 aliphatic carbocycles. The summed E-state index contributed by atoms with van der Waals surface area (Å²) in [5.74, 6) is 0.488. The van der Waals surface area contributed by atoms with Crippen LogP contribution in [0.3, 0.4) is 0 Å². The van der Waals surface area contributed by atoms with Crippen molar-refractivity contribution in [3.63, 3.8) is 0 Å². The largest absolute Gasteiger partial charge is 0.453 e. The van der Waals surface area contributed by atoms with Gasteiger partial charge in [-0.2, -0.15) is 0 Å². The topological polar surface area (TPSA) is 58.5 Å². The van der Waals surface area contributed by atoms with E-state index in [2.05, 4.69) is 20.6 Å². The number of hydrogen-bond acceptors (Lipinski definition) is 3. The van der Waals surface area contributed by atoms with Gasteiger partial charge in [-0.3, -0.25) is 9.98 Å². The van der Waals surface area contributed by atoms with Crippen molar-refractivity contribution < 1.29 is 13.5 Å². The second-order valence-electron chi connectivity index (χ2n) is 6.29. The first-order chi connectivity index (χ1) is 14.1. The van der Waals surface area contributed by atoms with E-state index in [1.807, 2.05) is 6.07 Å². The zero-order valence-corrected chi connectivity index (χ0v) is 18.8. The van der Waals surface area contributed by atoms with Gasteiger partial charge >= 0.3 is 0 Å². The molecule has 158 valence electrons. The van der Waals surface area contributed by atoms with Crippen LogP contribution in [0.5, 0.6) is 11.5 Å². The Morgan fingerprint density at radius 2 is 1.90 bits per heavy atom. The first-order valence-corrected chi connectivity index (χ1v) is 9.19. The van der Waals surface area contributed by atoms with E-state index >= 15 is 0 Å². The molecule has 0 aliphatic heterocycles. The van der Waals surface area contributed by atoms with Crippen molar-refractivity contribution in [2.45, 2.75) is 13.0 Å². The molecule has 0 saturated carbocycles. The first kappa shape index (κ1) is 23.5. The van der Waals surface area contributed by atoms with Gasteiger partial charge in [0.15, 0.2) is 17.5 Å². The Hall–Kier alpha value is -2.75. The van der Waals surface area contributed by atoms with E-state index in [-0.39, 0.29) is 35.5 Å². The van der Waals surface area contributed by atoms with E-state index in [1.54, 1.807) is 43.6 Å². The van der Waals surface area contributed by atoms with Gasteiger partial charge in [-0.25, -0.2) is 8.78 Å². The standard InChI is InChI=1S/C22H22F2N4O.HI/c1-25-22(27-11-9-16-4-2-5-18(23)12-16)28-14-17-7-8-21(20(24)13-17)29-19-6-3-10-26-15-19;/h2-8,10,12-13,15H,9,11,14H2,1H3,(H2,25,27,28);1H. The van der Waals surface area contributed by atoms with Crippen LogP contribution in [0.4, 0.5) is 8.78 Å². The lowest BCUT2D eigenvalue weighted by atomic mass is 10.1. The van der Waals surface area contributed by atoms with Crippen LogP contribution >= 0.6 is 24.0 Å². The van der Waals surface area contributed by atoms with E-state index in [0.29, 0.717) is 31.2 Å². The third-order valence-corrected chi connectivity index (χ3v) is 4.14. The molecular formula is C22H23F2IN4O. The number of nitrogens with one attached hydrogen (secondary N) is 2. The zero-order chi connectivity index (χ0) is 20.5. The van der Waals surface area contributed by atoms with Crippen LogP contribution in [0.2, 0.25) is 0 Å². The fourth-order valence-corrected chi connectivity index (χ4v) is 2.70. The molecule has 0 bridgehead atoms. The fourth-order valence-electron chi connectivity index (χ4n) is 2.70. The van der Waals surface area contributed by atoms with Crippen molar-refractivity contribution in [1.29, 1.82) is 0 Å². The predicted octanol–water partition coefficient (Wildman–Crippen LogP) is 4.68. The SMILES string of the molecule is CN=C(NCCc1cccc(F)c1)NCc1ccc(Oc2cccnc2)c(F)c1.I. The third-order valence-electron chi connectivity index (χ3n) is 4.14. The molecule has 3 rings (SSSR count). The second kappa shape index (κ2) is 12.1. The Kier molecular flexibility index (Phi) is 9.46. The van der Waals surface area contributed by atoms with Gasteiger partial charge in [0.05, 0.1) is 6.20 Å². The predicted molar refractivity (Wildman–Crippen MR) is 124 cm³/mol. The van der Waals surface area contributed by atoms with E-state index in [4.69, 9.17) is 4.74 Å². The molecule has 2 N–H and O–H groups in total. The lowest BCUT2D eigenvalue weighted by Crippen LogP contribution is -2.37. The summed E-state index contributed by atoms with van der Waals surface area (Å²) in [5.41, 5.74) is 1.65. The van der Waals surface area contributed by atoms with Crippen LogP contribution in [-0.2, 0) is 13.0 Å². The summed E-state index contributed by atoms with van der Waals surface area (Å²) in [5, 5.41) is 6.28. The van der Waals surface area contributed by atoms with Crippen molar-refractivity contribution in [3.8, 4) is 11.5 Å². The lowest BCUT2D eigenvalue weighted by molar-refractivity contribution is 0.440. The quantitative estimate of drug-likeness (QED) is 0.268. The molecule has 0 saturated heterocycles. The maximum Gasteiger partial charge on any atom is 0.191 e. The highest BCUT2D eigenvalue weighted by molar-refractivity contribution is 14.0. The lowest BCUT2D eigenvalue weighted by Gasteiger charge is -2.13. The monoisotopic (exact) mass is 524 g/mol. The molecule has 8 heteroatoms. The second-order valence-corrected chi connectivity index (χ2v) is 6.29. The van der Waals surface area contributed by atoms with Gasteiger partial charge in [-0.05, 0) is 53.9 Å². The molecule has 0 radical (unpaired) electrons. The van der Waals surface area contributed by atoms with Gasteiger partial charge in [-0.15, -0.1) is 24.0 Å². The highest BCUT2D eigenvalue weighted by Crippen LogP contribution is 2.24. The Labute approximate surface area is 191 Å². The number of pyridine rings is 1. The highest BCUT2D eigenvalue weighted by atomic mass is 127. The Morgan fingerprint density at radius 3 is 2.60 bits per heavy atom. The molecule has 1 aromatic heterocycles. The van der Waals surface area contributed by atoms with Crippen LogP contribution in [0.25, 0.3) is 0 Å². The first-order valence-electron chi connectivity index (χ1n) is 9.19. The van der Waals surface area contributed by atoms with Crippen molar-refractivity contribution in [3.05, 3.63) is 89.8 Å². The minimum absolute atomic E-state index is 0. The number of guanidine groups is 1. The molecule has 5 nitrogen and oxygen atoms in total. The number of rotatable bonds is 7. The third kappa shape index (κ3) is 7.25. The number of halogens is 3. The molecular weight excluding hydrogens is 501 g/mol. The number of aliphatic imine (C=N–C) groups is 1. The number of hydrogen-bond donors (Lipinski definition) is 2. The summed E-state index contributed by atoms with van der Waals surface area (Å²) in [7, 11) is 1.66. The van der Waals surface area contributed by atoms with Crippen LogP contribution in [0.15, 0.2) is 72.0 Å². The van der Waals surface area contributed by atoms with Crippen LogP contribution < -0.4 is 15.4 Å². The average molecular weight is 524 g/mol. The summed E-state index contributed by atoms with van der Waals surface area (Å²) in [6, 6.07) is 14.7. The molecule has 0 amide bonds. The number of nitrogens with zero attached hydrogens (tertiary/aromatic N) is 2. The number of benzene rings is 2. The van der Waals surface area contributed by atoms with Gasteiger partial charge < -0.3 is 15.4 Å². The summed E-state index contributed by atoms with van der Waals surface area (Å²) >= 11 is 0. The van der Waals surface area contributed by atoms with E-state index < -0.39 is 5.82 Å². The van der Waals surface area contributed by atoms with Crippen molar-refractivity contribution in [2.75, 3.05) is 13.6 Å². The summed E-state index contributed by atoms with van der Waals surface area (Å²) < 4.78 is 33.0. The molecule has 0 aliphatic rings. The fraction of sp³-hybridized carbons (Fsp3) is 0.182. The molecule has 2 aromatic carbocycles. The summed E-state index contributed by atoms with van der Waals surface area (Å²) in [6.07, 6.45) is 3.80. The van der Waals surface area contributed by atoms with Gasteiger partial charge in [0, 0.05) is 26.3 Å². The van der Waals surface area contributed by atoms with Crippen molar-refractivity contribution in [2.24, 2.45) is 4.99 Å². The van der Waals surface area contributed by atoms with Crippen LogP contribution in [0, 0.1) is 11.6 Å². The van der Waals surface area contributed by atoms with E-state index in [1.165, 1.54) is 24.4 Å². The zero-order valence-electron chi connectivity index (χ0n) is 16.4. The van der Waals surface area contributed by atoms with E-state index in [9.17, 15) is 8.78 Å². The number of ether oxygens (including phenoxy) is 1. The molecule has 0 unspecified atom stereocenters. The van der Waals surface area contributed by atoms with Gasteiger partial charge in [0.25, 0.3) is 0 Å². The van der Waals surface area contributed by atoms with Crippen molar-refractivity contribution >= 4 is 29.9 Å². The van der Waals surface area contributed by atoms with Crippen molar-refractivity contribution in [1.82, 2.24) is 15.6 Å². The Bertz CT molecular complexity index is 970. The maximum atomic E-state index is 14.3. The Morgan fingerprint density at radius 1 is 1.03 bits per heavy atom. The molecule has 0 spiro atoms. The molecule has 0 atom stereocenters. The van der Waals surface area contributed by atoms with Gasteiger partial charge in [-0.1, -0.05) is 18.2 Å². The molecule has 30 heavy (non-hydrogen) atoms. The van der Waals surface area contributed by atoms with E-state index in [0.717, 1.165) is 11.1 Å².